The summed E-state index contributed by atoms with van der Waals surface area (Å²) in [5.74, 6) is -1.31. The van der Waals surface area contributed by atoms with Crippen molar-refractivity contribution in [3.63, 3.8) is 0 Å². The van der Waals surface area contributed by atoms with Crippen LogP contribution in [0.4, 0.5) is 0 Å². The third kappa shape index (κ3) is 4.85. The van der Waals surface area contributed by atoms with Gasteiger partial charge >= 0.3 is 5.97 Å². The zero-order valence-electron chi connectivity index (χ0n) is 7.94. The fourth-order valence-electron chi connectivity index (χ4n) is 1.18. The minimum Gasteiger partial charge on any atom is -0.481 e. The predicted molar refractivity (Wildman–Crippen MR) is 48.3 cm³/mol. The van der Waals surface area contributed by atoms with Gasteiger partial charge in [-0.2, -0.15) is 0 Å². The summed E-state index contributed by atoms with van der Waals surface area (Å²) >= 11 is 0. The van der Waals surface area contributed by atoms with E-state index in [9.17, 15) is 4.79 Å². The van der Waals surface area contributed by atoms with Crippen molar-refractivity contribution in [2.75, 3.05) is 13.2 Å². The number of carboxylic acid groups (broad SMARTS) is 1. The van der Waals surface area contributed by atoms with Crippen LogP contribution in [-0.4, -0.2) is 34.5 Å². The van der Waals surface area contributed by atoms with Crippen molar-refractivity contribution in [2.45, 2.75) is 26.2 Å². The van der Waals surface area contributed by atoms with Gasteiger partial charge in [-0.1, -0.05) is 6.92 Å². The summed E-state index contributed by atoms with van der Waals surface area (Å²) < 4.78 is 0. The molecule has 1 atom stereocenters. The van der Waals surface area contributed by atoms with Crippen LogP contribution >= 0.6 is 0 Å². The minimum atomic E-state index is -0.794. The van der Waals surface area contributed by atoms with Crippen LogP contribution in [-0.2, 0) is 4.79 Å². The lowest BCUT2D eigenvalue weighted by Crippen LogP contribution is -2.17. The maximum atomic E-state index is 10.6. The van der Waals surface area contributed by atoms with Crippen molar-refractivity contribution >= 4 is 5.97 Å². The lowest BCUT2D eigenvalue weighted by Gasteiger charge is -2.13. The number of carbonyl (C=O) groups is 1. The first-order valence-corrected chi connectivity index (χ1v) is 4.60. The minimum absolute atomic E-state index is 0.0768. The van der Waals surface area contributed by atoms with Gasteiger partial charge < -0.3 is 15.3 Å². The Morgan fingerprint density at radius 1 is 1.23 bits per heavy atom. The molecule has 0 saturated carbocycles. The summed E-state index contributed by atoms with van der Waals surface area (Å²) in [7, 11) is 0. The molecule has 0 heterocycles. The average Bonchev–Trinajstić information content (AvgIpc) is 2.12. The van der Waals surface area contributed by atoms with E-state index >= 15 is 0 Å². The Morgan fingerprint density at radius 2 is 1.77 bits per heavy atom. The monoisotopic (exact) mass is 190 g/mol. The number of hydrogen-bond donors (Lipinski definition) is 3. The number of carboxylic acids is 1. The summed E-state index contributed by atoms with van der Waals surface area (Å²) in [5, 5.41) is 26.2. The maximum Gasteiger partial charge on any atom is 0.306 e. The highest BCUT2D eigenvalue weighted by molar-refractivity contribution is 5.69. The van der Waals surface area contributed by atoms with Crippen molar-refractivity contribution in [3.8, 4) is 0 Å². The van der Waals surface area contributed by atoms with Gasteiger partial charge in [-0.15, -0.1) is 0 Å². The molecular formula is C9H18O4. The lowest BCUT2D eigenvalue weighted by atomic mass is 9.95. The Kier molecular flexibility index (Phi) is 6.54. The van der Waals surface area contributed by atoms with Crippen molar-refractivity contribution in [1.29, 1.82) is 0 Å². The molecular weight excluding hydrogens is 172 g/mol. The number of aliphatic hydroxyl groups excluding tert-OH is 2. The first kappa shape index (κ1) is 12.4. The zero-order valence-corrected chi connectivity index (χ0v) is 7.94. The van der Waals surface area contributed by atoms with Crippen molar-refractivity contribution in [3.05, 3.63) is 0 Å². The van der Waals surface area contributed by atoms with Gasteiger partial charge in [0.1, 0.15) is 0 Å². The average molecular weight is 190 g/mol. The fraction of sp³-hybridized carbons (Fsp3) is 0.889. The van der Waals surface area contributed by atoms with Crippen LogP contribution in [0.25, 0.3) is 0 Å². The molecule has 0 bridgehead atoms. The summed E-state index contributed by atoms with van der Waals surface area (Å²) in [6, 6.07) is 0. The van der Waals surface area contributed by atoms with Gasteiger partial charge in [0.05, 0.1) is 5.92 Å². The second-order valence-corrected chi connectivity index (χ2v) is 3.25. The molecule has 0 radical (unpaired) electrons. The molecule has 0 spiro atoms. The van der Waals surface area contributed by atoms with E-state index in [1.165, 1.54) is 0 Å². The summed E-state index contributed by atoms with van der Waals surface area (Å²) in [6.07, 6.45) is 1.69. The van der Waals surface area contributed by atoms with Crippen LogP contribution < -0.4 is 0 Å². The molecule has 0 aliphatic carbocycles. The van der Waals surface area contributed by atoms with E-state index in [0.717, 1.165) is 0 Å². The van der Waals surface area contributed by atoms with Gasteiger partial charge in [-0.3, -0.25) is 4.79 Å². The van der Waals surface area contributed by atoms with Gasteiger partial charge in [-0.25, -0.2) is 0 Å². The molecule has 4 heteroatoms. The maximum absolute atomic E-state index is 10.6. The Bertz CT molecular complexity index is 143. The van der Waals surface area contributed by atoms with Crippen molar-refractivity contribution < 1.29 is 20.1 Å². The van der Waals surface area contributed by atoms with Gasteiger partial charge in [0, 0.05) is 19.1 Å². The normalized spacial score (nSPS) is 13.2. The number of aliphatic carboxylic acids is 1. The lowest BCUT2D eigenvalue weighted by molar-refractivity contribution is -0.142. The highest BCUT2D eigenvalue weighted by Gasteiger charge is 2.16. The van der Waals surface area contributed by atoms with E-state index < -0.39 is 5.97 Å². The van der Waals surface area contributed by atoms with Crippen molar-refractivity contribution in [1.82, 2.24) is 0 Å². The quantitative estimate of drug-likeness (QED) is 0.545. The third-order valence-corrected chi connectivity index (χ3v) is 2.28. The summed E-state index contributed by atoms with van der Waals surface area (Å²) in [5.41, 5.74) is 0. The molecule has 0 rings (SSSR count). The smallest absolute Gasteiger partial charge is 0.306 e. The van der Waals surface area contributed by atoms with Gasteiger partial charge in [0.2, 0.25) is 0 Å². The highest BCUT2D eigenvalue weighted by Crippen LogP contribution is 2.15. The Hall–Kier alpha value is -0.610. The molecule has 13 heavy (non-hydrogen) atoms. The van der Waals surface area contributed by atoms with Gasteiger partial charge in [0.15, 0.2) is 0 Å². The molecule has 0 amide bonds. The predicted octanol–water partition coefficient (Wildman–Crippen LogP) is 0.478. The first-order valence-electron chi connectivity index (χ1n) is 4.60. The van der Waals surface area contributed by atoms with Gasteiger partial charge in [-0.05, 0) is 19.3 Å². The molecule has 0 saturated heterocycles. The highest BCUT2D eigenvalue weighted by atomic mass is 16.4. The number of rotatable bonds is 7. The van der Waals surface area contributed by atoms with Gasteiger partial charge in [0.25, 0.3) is 0 Å². The molecule has 0 aromatic rings. The summed E-state index contributed by atoms with van der Waals surface area (Å²) in [6.45, 7) is 1.67. The van der Waals surface area contributed by atoms with Crippen LogP contribution in [0.15, 0.2) is 0 Å². The topological polar surface area (TPSA) is 77.8 Å². The van der Waals surface area contributed by atoms with E-state index in [1.54, 1.807) is 0 Å². The second kappa shape index (κ2) is 6.86. The fourth-order valence-corrected chi connectivity index (χ4v) is 1.18. The number of aliphatic hydroxyl groups is 2. The largest absolute Gasteiger partial charge is 0.481 e. The van der Waals surface area contributed by atoms with Crippen LogP contribution in [0.5, 0.6) is 0 Å². The third-order valence-electron chi connectivity index (χ3n) is 2.28. The Morgan fingerprint density at radius 3 is 2.08 bits per heavy atom. The van der Waals surface area contributed by atoms with E-state index in [2.05, 4.69) is 0 Å². The van der Waals surface area contributed by atoms with Crippen molar-refractivity contribution in [2.24, 2.45) is 11.8 Å². The standard InChI is InChI=1S/C9H18O4/c1-2-8(9(12)13)4-3-7(5-10)6-11/h7-8,10-11H,2-6H2,1H3,(H,12,13). The molecule has 78 valence electrons. The Labute approximate surface area is 78.2 Å². The van der Waals surface area contributed by atoms with Crippen LogP contribution in [0, 0.1) is 11.8 Å². The van der Waals surface area contributed by atoms with Crippen LogP contribution in [0.2, 0.25) is 0 Å². The summed E-state index contributed by atoms with van der Waals surface area (Å²) in [4.78, 5) is 10.6. The molecule has 3 N–H and O–H groups in total. The van der Waals surface area contributed by atoms with E-state index in [-0.39, 0.29) is 25.0 Å². The number of hydrogen-bond acceptors (Lipinski definition) is 3. The van der Waals surface area contributed by atoms with E-state index in [0.29, 0.717) is 19.3 Å². The molecule has 0 aromatic carbocycles. The Balaban J connectivity index is 3.76. The van der Waals surface area contributed by atoms with E-state index in [4.69, 9.17) is 15.3 Å². The molecule has 0 aliphatic heterocycles. The zero-order chi connectivity index (χ0) is 10.3. The molecule has 1 unspecified atom stereocenters. The molecule has 0 fully saturated rings. The first-order chi connectivity index (χ1) is 6.15. The molecule has 0 aliphatic rings. The molecule has 0 aromatic heterocycles. The second-order valence-electron chi connectivity index (χ2n) is 3.25. The SMILES string of the molecule is CCC(CCC(CO)CO)C(=O)O. The van der Waals surface area contributed by atoms with E-state index in [1.807, 2.05) is 6.92 Å². The molecule has 4 nitrogen and oxygen atoms in total. The van der Waals surface area contributed by atoms with Crippen LogP contribution in [0.3, 0.4) is 0 Å². The van der Waals surface area contributed by atoms with Crippen LogP contribution in [0.1, 0.15) is 26.2 Å².